The van der Waals surface area contributed by atoms with Gasteiger partial charge in [-0.05, 0) is 48.2 Å². The highest BCUT2D eigenvalue weighted by atomic mass is 35.5. The number of allylic oxidation sites excluding steroid dienone is 1. The number of phosphoric acid groups is 1. The van der Waals surface area contributed by atoms with Crippen LogP contribution in [0.25, 0.3) is 0 Å². The summed E-state index contributed by atoms with van der Waals surface area (Å²) in [6.45, 7) is 5.62. The largest absolute Gasteiger partial charge is 0.529 e. The van der Waals surface area contributed by atoms with Gasteiger partial charge in [0.15, 0.2) is 12.4 Å². The Labute approximate surface area is 208 Å². The highest BCUT2D eigenvalue weighted by Gasteiger charge is 2.24. The molecule has 0 radical (unpaired) electrons. The molecule has 2 aromatic rings. The molecule has 0 saturated carbocycles. The molecule has 1 N–H and O–H groups in total. The first-order chi connectivity index (χ1) is 16.1. The minimum atomic E-state index is -3.62. The Morgan fingerprint density at radius 1 is 1.03 bits per heavy atom. The molecule has 0 spiro atoms. The molecule has 0 atom stereocenters. The van der Waals surface area contributed by atoms with E-state index in [9.17, 15) is 14.2 Å². The van der Waals surface area contributed by atoms with Crippen LogP contribution >= 0.6 is 31.0 Å². The molecule has 0 aliphatic heterocycles. The first kappa shape index (κ1) is 27.9. The maximum atomic E-state index is 12.3. The van der Waals surface area contributed by atoms with E-state index in [0.717, 1.165) is 5.56 Å². The Bertz CT molecular complexity index is 1080. The van der Waals surface area contributed by atoms with Crippen LogP contribution in [-0.4, -0.2) is 39.1 Å². The smallest absolute Gasteiger partial charge is 0.482 e. The second-order valence-corrected chi connectivity index (χ2v) is 9.52. The Kier molecular flexibility index (Phi) is 10.6. The molecule has 184 valence electrons. The lowest BCUT2D eigenvalue weighted by Crippen LogP contribution is -2.30. The Morgan fingerprint density at radius 2 is 1.68 bits per heavy atom. The molecule has 0 aliphatic rings. The number of rotatable bonds is 13. The molecule has 0 heterocycles. The third-order valence-corrected chi connectivity index (χ3v) is 6.92. The van der Waals surface area contributed by atoms with E-state index in [0.29, 0.717) is 30.7 Å². The van der Waals surface area contributed by atoms with Crippen molar-refractivity contribution in [3.05, 3.63) is 69.7 Å². The fourth-order valence-corrected chi connectivity index (χ4v) is 3.84. The van der Waals surface area contributed by atoms with Gasteiger partial charge in [0.1, 0.15) is 16.5 Å². The normalized spacial score (nSPS) is 11.1. The average Bonchev–Trinajstić information content (AvgIpc) is 2.85. The Morgan fingerprint density at radius 3 is 2.26 bits per heavy atom. The van der Waals surface area contributed by atoms with Gasteiger partial charge in [0.05, 0.1) is 5.02 Å². The lowest BCUT2D eigenvalue weighted by Gasteiger charge is -2.14. The number of Topliss-reactive ketones (excluding diaryl/α,β-unsaturated/α-hetero) is 1. The summed E-state index contributed by atoms with van der Waals surface area (Å²) in [5.41, 5.74) is 1.57. The Balaban J connectivity index is 1.84. The number of halogens is 2. The summed E-state index contributed by atoms with van der Waals surface area (Å²) in [5, 5.41) is 2.85. The lowest BCUT2D eigenvalue weighted by molar-refractivity contribution is -0.123. The second-order valence-electron chi connectivity index (χ2n) is 6.96. The Hall–Kier alpha value is -2.35. The van der Waals surface area contributed by atoms with Crippen molar-refractivity contribution in [2.24, 2.45) is 0 Å². The van der Waals surface area contributed by atoms with Gasteiger partial charge in [-0.15, -0.1) is 0 Å². The molecule has 1 amide bonds. The number of ketones is 1. The predicted molar refractivity (Wildman–Crippen MR) is 131 cm³/mol. The molecule has 8 nitrogen and oxygen atoms in total. The van der Waals surface area contributed by atoms with E-state index >= 15 is 0 Å². The van der Waals surface area contributed by atoms with Gasteiger partial charge in [-0.25, -0.2) is 4.57 Å². The van der Waals surface area contributed by atoms with Crippen LogP contribution in [0.5, 0.6) is 11.5 Å². The highest BCUT2D eigenvalue weighted by Crippen LogP contribution is 2.47. The molecular weight excluding hydrogens is 504 g/mol. The van der Waals surface area contributed by atoms with Gasteiger partial charge in [0, 0.05) is 26.3 Å². The highest BCUT2D eigenvalue weighted by molar-refractivity contribution is 7.48. The summed E-state index contributed by atoms with van der Waals surface area (Å²) in [6, 6.07) is 9.78. The summed E-state index contributed by atoms with van der Waals surface area (Å²) in [5.74, 6) is -0.117. The first-order valence-electron chi connectivity index (χ1n) is 10.2. The van der Waals surface area contributed by atoms with Crippen LogP contribution in [0, 0.1) is 0 Å². The van der Waals surface area contributed by atoms with Crippen molar-refractivity contribution < 1.29 is 32.5 Å². The fourth-order valence-electron chi connectivity index (χ4n) is 2.71. The summed E-state index contributed by atoms with van der Waals surface area (Å²) >= 11 is 12.4. The molecule has 2 rings (SSSR count). The van der Waals surface area contributed by atoms with Crippen molar-refractivity contribution in [2.45, 2.75) is 19.8 Å². The summed E-state index contributed by atoms with van der Waals surface area (Å²) in [6.07, 6.45) is 1.04. The van der Waals surface area contributed by atoms with Crippen LogP contribution < -0.4 is 14.6 Å². The van der Waals surface area contributed by atoms with Crippen LogP contribution in [0.4, 0.5) is 0 Å². The molecule has 0 unspecified atom stereocenters. The number of phosphoric ester groups is 1. The zero-order valence-corrected chi connectivity index (χ0v) is 21.5. The predicted octanol–water partition coefficient (Wildman–Crippen LogP) is 5.66. The maximum Gasteiger partial charge on any atom is 0.529 e. The molecule has 0 saturated heterocycles. The van der Waals surface area contributed by atoms with Gasteiger partial charge < -0.3 is 14.6 Å². The van der Waals surface area contributed by atoms with E-state index in [1.807, 2.05) is 6.92 Å². The number of ether oxygens (including phenoxy) is 1. The van der Waals surface area contributed by atoms with Gasteiger partial charge in [-0.2, -0.15) is 0 Å². The summed E-state index contributed by atoms with van der Waals surface area (Å²) < 4.78 is 32.1. The zero-order chi connectivity index (χ0) is 25.3. The maximum absolute atomic E-state index is 12.3. The number of carbonyl (C=O) groups excluding carboxylic acids is 2. The molecule has 0 fully saturated rings. The van der Waals surface area contributed by atoms with E-state index in [1.165, 1.54) is 26.4 Å². The van der Waals surface area contributed by atoms with E-state index < -0.39 is 7.82 Å². The number of hydrogen-bond acceptors (Lipinski definition) is 7. The van der Waals surface area contributed by atoms with E-state index in [1.54, 1.807) is 24.3 Å². The molecule has 0 bridgehead atoms. The fraction of sp³-hybridized carbons (Fsp3) is 0.304. The van der Waals surface area contributed by atoms with Gasteiger partial charge in [0.2, 0.25) is 0 Å². The van der Waals surface area contributed by atoms with Crippen molar-refractivity contribution in [3.63, 3.8) is 0 Å². The monoisotopic (exact) mass is 529 g/mol. The molecule has 34 heavy (non-hydrogen) atoms. The van der Waals surface area contributed by atoms with Gasteiger partial charge >= 0.3 is 7.82 Å². The van der Waals surface area contributed by atoms with Crippen molar-refractivity contribution in [2.75, 3.05) is 27.4 Å². The van der Waals surface area contributed by atoms with Crippen LogP contribution in [0.3, 0.4) is 0 Å². The van der Waals surface area contributed by atoms with Crippen LogP contribution in [0.2, 0.25) is 10.0 Å². The number of hydrogen-bond donors (Lipinski definition) is 1. The molecular formula is C23H26Cl2NO7P. The van der Waals surface area contributed by atoms with Crippen molar-refractivity contribution in [1.82, 2.24) is 5.32 Å². The minimum absolute atomic E-state index is 0.0537. The number of amides is 1. The van der Waals surface area contributed by atoms with Crippen LogP contribution in [-0.2, 0) is 24.8 Å². The van der Waals surface area contributed by atoms with E-state index in [-0.39, 0.29) is 39.7 Å². The number of nitrogens with one attached hydrogen (secondary N) is 1. The molecule has 0 aliphatic carbocycles. The zero-order valence-electron chi connectivity index (χ0n) is 19.1. The molecule has 0 aromatic heterocycles. The SMILES string of the molecule is C=C(CC)C(=O)c1ccc(OCC(=O)NCCc2ccc(OP(=O)(OC)OC)cc2)c(Cl)c1Cl. The standard InChI is InChI=1S/C23H26Cl2NO7P/c1-5-15(2)23(28)18-10-11-19(22(25)21(18)24)32-14-20(27)26-13-12-16-6-8-17(9-7-16)33-34(29,30-3)31-4/h6-11H,2,5,12-14H2,1,3-4H3,(H,26,27). The number of benzene rings is 2. The molecule has 11 heteroatoms. The lowest BCUT2D eigenvalue weighted by atomic mass is 10.0. The summed E-state index contributed by atoms with van der Waals surface area (Å²) in [4.78, 5) is 24.4. The van der Waals surface area contributed by atoms with Crippen molar-refractivity contribution in [1.29, 1.82) is 0 Å². The third-order valence-electron chi connectivity index (χ3n) is 4.72. The third kappa shape index (κ3) is 7.58. The number of carbonyl (C=O) groups is 2. The van der Waals surface area contributed by atoms with Gasteiger partial charge in [-0.3, -0.25) is 18.6 Å². The minimum Gasteiger partial charge on any atom is -0.482 e. The van der Waals surface area contributed by atoms with Gasteiger partial charge in [0.25, 0.3) is 5.91 Å². The van der Waals surface area contributed by atoms with Crippen molar-refractivity contribution in [3.8, 4) is 11.5 Å². The van der Waals surface area contributed by atoms with E-state index in [2.05, 4.69) is 11.9 Å². The first-order valence-corrected chi connectivity index (χ1v) is 12.5. The van der Waals surface area contributed by atoms with Crippen molar-refractivity contribution >= 4 is 42.7 Å². The molecule has 2 aromatic carbocycles. The van der Waals surface area contributed by atoms with Gasteiger partial charge in [-0.1, -0.05) is 48.8 Å². The summed E-state index contributed by atoms with van der Waals surface area (Å²) in [7, 11) is -1.15. The van der Waals surface area contributed by atoms with Crippen LogP contribution in [0.1, 0.15) is 29.3 Å². The average molecular weight is 530 g/mol. The van der Waals surface area contributed by atoms with Crippen LogP contribution in [0.15, 0.2) is 48.6 Å². The topological polar surface area (TPSA) is 100 Å². The quantitative estimate of drug-likeness (QED) is 0.203. The van der Waals surface area contributed by atoms with E-state index in [4.69, 9.17) is 41.5 Å². The second kappa shape index (κ2) is 12.9.